The molecule has 0 spiro atoms. The lowest BCUT2D eigenvalue weighted by molar-refractivity contribution is 0.210. The van der Waals surface area contributed by atoms with Gasteiger partial charge >= 0.3 is 0 Å². The maximum Gasteiger partial charge on any atom is 0.137 e. The summed E-state index contributed by atoms with van der Waals surface area (Å²) in [5, 5.41) is 12.4. The summed E-state index contributed by atoms with van der Waals surface area (Å²) in [5.41, 5.74) is 2.86. The Balaban J connectivity index is 1.38. The molecule has 0 aliphatic carbocycles. The molecule has 0 saturated carbocycles. The standard InChI is InChI=1S/C30H38FN3O4/c1-3-36-27-18-22(19-28(37-4-2)30(27)23-6-8-24(31)9-7-23)21-34-14-12-25(13-15-34)33-29-11-10-26(20-32-29)38-17-5-16-35/h6-11,18-20,25,35H,3-5,12-17,21H2,1-2H3,(H,32,33). The highest BCUT2D eigenvalue weighted by molar-refractivity contribution is 5.77. The van der Waals surface area contributed by atoms with Crippen LogP contribution in [-0.2, 0) is 6.54 Å². The zero-order chi connectivity index (χ0) is 26.7. The average molecular weight is 524 g/mol. The largest absolute Gasteiger partial charge is 0.493 e. The lowest BCUT2D eigenvalue weighted by atomic mass is 9.99. The van der Waals surface area contributed by atoms with E-state index in [4.69, 9.17) is 19.3 Å². The normalized spacial score (nSPS) is 14.3. The molecule has 4 rings (SSSR count). The summed E-state index contributed by atoms with van der Waals surface area (Å²) in [4.78, 5) is 6.92. The van der Waals surface area contributed by atoms with Crippen LogP contribution in [0.1, 0.15) is 38.7 Å². The zero-order valence-electron chi connectivity index (χ0n) is 22.3. The minimum absolute atomic E-state index is 0.119. The SMILES string of the molecule is CCOc1cc(CN2CCC(Nc3ccc(OCCCO)cn3)CC2)cc(OCC)c1-c1ccc(F)cc1. The van der Waals surface area contributed by atoms with E-state index in [-0.39, 0.29) is 12.4 Å². The minimum Gasteiger partial charge on any atom is -0.493 e. The van der Waals surface area contributed by atoms with Gasteiger partial charge in [0.05, 0.1) is 31.6 Å². The molecule has 1 fully saturated rings. The van der Waals surface area contributed by atoms with Crippen molar-refractivity contribution >= 4 is 5.82 Å². The molecule has 2 aromatic carbocycles. The molecule has 7 nitrogen and oxygen atoms in total. The average Bonchev–Trinajstić information content (AvgIpc) is 2.92. The highest BCUT2D eigenvalue weighted by atomic mass is 19.1. The zero-order valence-corrected chi connectivity index (χ0v) is 22.3. The Labute approximate surface area is 224 Å². The van der Waals surface area contributed by atoms with Gasteiger partial charge in [-0.3, -0.25) is 4.90 Å². The lowest BCUT2D eigenvalue weighted by Gasteiger charge is -2.33. The molecule has 8 heteroatoms. The van der Waals surface area contributed by atoms with Gasteiger partial charge in [0.25, 0.3) is 0 Å². The second-order valence-electron chi connectivity index (χ2n) is 9.34. The van der Waals surface area contributed by atoms with Crippen molar-refractivity contribution in [2.24, 2.45) is 0 Å². The number of aliphatic hydroxyl groups excluding tert-OH is 1. The molecule has 0 amide bonds. The number of hydrogen-bond acceptors (Lipinski definition) is 7. The number of piperidine rings is 1. The number of aromatic nitrogens is 1. The van der Waals surface area contributed by atoms with Crippen LogP contribution in [0.25, 0.3) is 11.1 Å². The third-order valence-electron chi connectivity index (χ3n) is 6.51. The predicted octanol–water partition coefficient (Wildman–Crippen LogP) is 5.52. The summed E-state index contributed by atoms with van der Waals surface area (Å²) in [6, 6.07) is 14.8. The molecular weight excluding hydrogens is 485 g/mol. The van der Waals surface area contributed by atoms with E-state index in [0.29, 0.717) is 38.0 Å². The number of halogens is 1. The van der Waals surface area contributed by atoms with E-state index in [9.17, 15) is 4.39 Å². The number of hydrogen-bond donors (Lipinski definition) is 2. The second-order valence-corrected chi connectivity index (χ2v) is 9.34. The van der Waals surface area contributed by atoms with Crippen molar-refractivity contribution in [2.45, 2.75) is 45.7 Å². The smallest absolute Gasteiger partial charge is 0.137 e. The fourth-order valence-electron chi connectivity index (χ4n) is 4.68. The highest BCUT2D eigenvalue weighted by Gasteiger charge is 2.22. The van der Waals surface area contributed by atoms with E-state index in [1.807, 2.05) is 26.0 Å². The number of aliphatic hydroxyl groups is 1. The van der Waals surface area contributed by atoms with Gasteiger partial charge in [-0.15, -0.1) is 0 Å². The van der Waals surface area contributed by atoms with Crippen LogP contribution in [0.4, 0.5) is 10.2 Å². The van der Waals surface area contributed by atoms with Crippen molar-refractivity contribution in [1.29, 1.82) is 0 Å². The van der Waals surface area contributed by atoms with E-state index >= 15 is 0 Å². The first kappa shape index (κ1) is 27.7. The van der Waals surface area contributed by atoms with Crippen LogP contribution < -0.4 is 19.5 Å². The molecule has 3 aromatic rings. The minimum atomic E-state index is -0.268. The highest BCUT2D eigenvalue weighted by Crippen LogP contribution is 2.40. The van der Waals surface area contributed by atoms with E-state index in [1.54, 1.807) is 18.3 Å². The third-order valence-corrected chi connectivity index (χ3v) is 6.51. The van der Waals surface area contributed by atoms with Crippen molar-refractivity contribution in [2.75, 3.05) is 44.8 Å². The second kappa shape index (κ2) is 14.0. The first-order valence-corrected chi connectivity index (χ1v) is 13.5. The summed E-state index contributed by atoms with van der Waals surface area (Å²) < 4.78 is 31.2. The molecule has 1 aromatic heterocycles. The van der Waals surface area contributed by atoms with Crippen LogP contribution in [0.3, 0.4) is 0 Å². The number of rotatable bonds is 13. The van der Waals surface area contributed by atoms with E-state index in [2.05, 4.69) is 27.3 Å². The van der Waals surface area contributed by atoms with Gasteiger partial charge in [0.2, 0.25) is 0 Å². The van der Waals surface area contributed by atoms with Gasteiger partial charge in [0.15, 0.2) is 0 Å². The van der Waals surface area contributed by atoms with Crippen molar-refractivity contribution in [3.05, 3.63) is 66.1 Å². The molecule has 0 bridgehead atoms. The van der Waals surface area contributed by atoms with Crippen LogP contribution in [-0.4, -0.2) is 60.5 Å². The number of nitrogens with one attached hydrogen (secondary N) is 1. The first-order chi connectivity index (χ1) is 18.6. The van der Waals surface area contributed by atoms with Gasteiger partial charge in [-0.05, 0) is 74.2 Å². The number of pyridine rings is 1. The molecule has 1 aliphatic rings. The number of anilines is 1. The Morgan fingerprint density at radius 3 is 2.24 bits per heavy atom. The summed E-state index contributed by atoms with van der Waals surface area (Å²) in [6.07, 6.45) is 4.36. The Morgan fingerprint density at radius 2 is 1.66 bits per heavy atom. The van der Waals surface area contributed by atoms with Crippen molar-refractivity contribution < 1.29 is 23.7 Å². The van der Waals surface area contributed by atoms with Crippen LogP contribution in [0.2, 0.25) is 0 Å². The maximum atomic E-state index is 13.6. The van der Waals surface area contributed by atoms with Crippen LogP contribution in [0.5, 0.6) is 17.2 Å². The Hall–Kier alpha value is -3.36. The van der Waals surface area contributed by atoms with E-state index in [0.717, 1.165) is 66.5 Å². The lowest BCUT2D eigenvalue weighted by Crippen LogP contribution is -2.38. The molecule has 2 N–H and O–H groups in total. The topological polar surface area (TPSA) is 76.1 Å². The van der Waals surface area contributed by atoms with E-state index < -0.39 is 0 Å². The Bertz CT molecular complexity index is 1110. The molecule has 204 valence electrons. The molecule has 0 atom stereocenters. The molecule has 0 unspecified atom stereocenters. The first-order valence-electron chi connectivity index (χ1n) is 13.5. The monoisotopic (exact) mass is 523 g/mol. The molecule has 2 heterocycles. The summed E-state index contributed by atoms with van der Waals surface area (Å²) in [6.45, 7) is 8.33. The predicted molar refractivity (Wildman–Crippen MR) is 148 cm³/mol. The molecule has 38 heavy (non-hydrogen) atoms. The fraction of sp³-hybridized carbons (Fsp3) is 0.433. The van der Waals surface area contributed by atoms with Gasteiger partial charge in [-0.25, -0.2) is 9.37 Å². The van der Waals surface area contributed by atoms with Gasteiger partial charge in [0.1, 0.15) is 28.9 Å². The van der Waals surface area contributed by atoms with Crippen molar-refractivity contribution in [3.63, 3.8) is 0 Å². The summed E-state index contributed by atoms with van der Waals surface area (Å²) in [7, 11) is 0. The van der Waals surface area contributed by atoms with Gasteiger partial charge in [-0.1, -0.05) is 12.1 Å². The number of ether oxygens (including phenoxy) is 3. The maximum absolute atomic E-state index is 13.6. The summed E-state index contributed by atoms with van der Waals surface area (Å²) >= 11 is 0. The van der Waals surface area contributed by atoms with Crippen molar-refractivity contribution in [1.82, 2.24) is 9.88 Å². The molecule has 0 radical (unpaired) electrons. The third kappa shape index (κ3) is 7.58. The van der Waals surface area contributed by atoms with Gasteiger partial charge in [-0.2, -0.15) is 0 Å². The van der Waals surface area contributed by atoms with Crippen LogP contribution in [0.15, 0.2) is 54.7 Å². The number of likely N-dealkylation sites (tertiary alicyclic amines) is 1. The Morgan fingerprint density at radius 1 is 0.974 bits per heavy atom. The van der Waals surface area contributed by atoms with Crippen molar-refractivity contribution in [3.8, 4) is 28.4 Å². The Kier molecular flexibility index (Phi) is 10.2. The van der Waals surface area contributed by atoms with E-state index in [1.165, 1.54) is 12.1 Å². The van der Waals surface area contributed by atoms with Gasteiger partial charge in [0, 0.05) is 38.7 Å². The molecular formula is C30H38FN3O4. The van der Waals surface area contributed by atoms with Gasteiger partial charge < -0.3 is 24.6 Å². The molecule has 1 aliphatic heterocycles. The fourth-order valence-corrected chi connectivity index (χ4v) is 4.68. The van der Waals surface area contributed by atoms with Crippen LogP contribution >= 0.6 is 0 Å². The molecule has 1 saturated heterocycles. The number of benzene rings is 2. The summed E-state index contributed by atoms with van der Waals surface area (Å²) in [5.74, 6) is 2.80. The number of nitrogens with zero attached hydrogens (tertiary/aromatic N) is 2. The quantitative estimate of drug-likeness (QED) is 0.286. The van der Waals surface area contributed by atoms with Crippen LogP contribution in [0, 0.1) is 5.82 Å².